The molecule has 0 spiro atoms. The van der Waals surface area contributed by atoms with E-state index in [1.54, 1.807) is 0 Å². The van der Waals surface area contributed by atoms with Crippen LogP contribution in [0.1, 0.15) is 47.1 Å². The summed E-state index contributed by atoms with van der Waals surface area (Å²) >= 11 is 0. The molecule has 1 aromatic rings. The monoisotopic (exact) mass is 269 g/mol. The Morgan fingerprint density at radius 3 is 1.50 bits per heavy atom. The third-order valence-corrected chi connectivity index (χ3v) is 4.18. The van der Waals surface area contributed by atoms with Crippen LogP contribution in [0.5, 0.6) is 0 Å². The fourth-order valence-electron chi connectivity index (χ4n) is 3.24. The van der Waals surface area contributed by atoms with Crippen molar-refractivity contribution in [2.75, 3.05) is 0 Å². The maximum absolute atomic E-state index is 2.35. The first kappa shape index (κ1) is 17.5. The summed E-state index contributed by atoms with van der Waals surface area (Å²) in [6, 6.07) is 12.8. The largest absolute Gasteiger partial charge is 1.00 e. The second-order valence-corrected chi connectivity index (χ2v) is 5.92. The molecule has 1 aromatic carbocycles. The number of rotatable bonds is 5. The zero-order chi connectivity index (χ0) is 13.1. The molecule has 1 rings (SSSR count). The van der Waals surface area contributed by atoms with E-state index in [0.29, 0.717) is 18.1 Å². The molecule has 0 bridgehead atoms. The zero-order valence-electron chi connectivity index (χ0n) is 12.7. The first-order valence-electron chi connectivity index (χ1n) is 6.82. The predicted octanol–water partition coefficient (Wildman–Crippen LogP) is 1.23. The van der Waals surface area contributed by atoms with Gasteiger partial charge in [-0.1, -0.05) is 30.3 Å². The molecule has 0 aliphatic heterocycles. The molecule has 104 valence electrons. The van der Waals surface area contributed by atoms with Gasteiger partial charge in [-0.3, -0.25) is 0 Å². The van der Waals surface area contributed by atoms with Gasteiger partial charge in [0.25, 0.3) is 0 Å². The van der Waals surface area contributed by atoms with Crippen LogP contribution >= 0.6 is 0 Å². The van der Waals surface area contributed by atoms with Crippen LogP contribution in [0.2, 0.25) is 0 Å². The predicted molar refractivity (Wildman–Crippen MR) is 75.8 cm³/mol. The topological polar surface area (TPSA) is 0 Å². The Morgan fingerprint density at radius 1 is 0.778 bits per heavy atom. The van der Waals surface area contributed by atoms with Crippen LogP contribution in [-0.2, 0) is 6.54 Å². The minimum atomic E-state index is 0. The molecule has 0 N–H and O–H groups in total. The van der Waals surface area contributed by atoms with Gasteiger partial charge in [-0.15, -0.1) is 0 Å². The summed E-state index contributed by atoms with van der Waals surface area (Å²) in [4.78, 5) is 0. The van der Waals surface area contributed by atoms with Gasteiger partial charge in [-0.25, -0.2) is 0 Å². The van der Waals surface area contributed by atoms with E-state index in [4.69, 9.17) is 0 Å². The average Bonchev–Trinajstić information content (AvgIpc) is 2.25. The fourth-order valence-corrected chi connectivity index (χ4v) is 3.24. The number of hydrogen-bond acceptors (Lipinski definition) is 0. The molecule has 18 heavy (non-hydrogen) atoms. The maximum Gasteiger partial charge on any atom is 0.105 e. The number of halogens is 1. The second kappa shape index (κ2) is 7.16. The Bertz CT molecular complexity index is 308. The van der Waals surface area contributed by atoms with E-state index in [9.17, 15) is 0 Å². The fraction of sp³-hybridized carbons (Fsp3) is 0.625. The van der Waals surface area contributed by atoms with Gasteiger partial charge < -0.3 is 16.9 Å². The Hall–Kier alpha value is -0.530. The van der Waals surface area contributed by atoms with Crippen LogP contribution in [0, 0.1) is 0 Å². The minimum absolute atomic E-state index is 0. The molecule has 0 aliphatic carbocycles. The van der Waals surface area contributed by atoms with Crippen LogP contribution < -0.4 is 12.4 Å². The molecule has 0 unspecified atom stereocenters. The first-order chi connectivity index (χ1) is 7.91. The summed E-state index contributed by atoms with van der Waals surface area (Å²) in [6.07, 6.45) is 0. The summed E-state index contributed by atoms with van der Waals surface area (Å²) in [7, 11) is 0. The van der Waals surface area contributed by atoms with Crippen molar-refractivity contribution < 1.29 is 16.9 Å². The first-order valence-corrected chi connectivity index (χ1v) is 6.82. The van der Waals surface area contributed by atoms with Crippen molar-refractivity contribution in [2.45, 2.75) is 66.2 Å². The van der Waals surface area contributed by atoms with Gasteiger partial charge in [0, 0.05) is 5.56 Å². The molecule has 0 aliphatic rings. The molecule has 2 heteroatoms. The highest BCUT2D eigenvalue weighted by atomic mass is 35.5. The zero-order valence-corrected chi connectivity index (χ0v) is 13.4. The number of hydrogen-bond donors (Lipinski definition) is 0. The number of nitrogens with zero attached hydrogens (tertiary/aromatic N) is 1. The van der Waals surface area contributed by atoms with Crippen LogP contribution in [0.4, 0.5) is 0 Å². The highest BCUT2D eigenvalue weighted by molar-refractivity contribution is 5.13. The summed E-state index contributed by atoms with van der Waals surface area (Å²) in [5.41, 5.74) is 1.45. The normalized spacial score (nSPS) is 12.1. The van der Waals surface area contributed by atoms with Crippen molar-refractivity contribution in [2.24, 2.45) is 0 Å². The highest BCUT2D eigenvalue weighted by Crippen LogP contribution is 2.27. The second-order valence-electron chi connectivity index (χ2n) is 5.92. The Labute approximate surface area is 119 Å². The summed E-state index contributed by atoms with van der Waals surface area (Å²) in [6.45, 7) is 15.2. The van der Waals surface area contributed by atoms with Crippen LogP contribution in [-0.4, -0.2) is 22.6 Å². The van der Waals surface area contributed by atoms with Crippen molar-refractivity contribution in [1.82, 2.24) is 0 Å². The molecule has 0 fully saturated rings. The van der Waals surface area contributed by atoms with E-state index < -0.39 is 0 Å². The van der Waals surface area contributed by atoms with E-state index in [0.717, 1.165) is 11.0 Å². The van der Waals surface area contributed by atoms with E-state index >= 15 is 0 Å². The third-order valence-electron chi connectivity index (χ3n) is 4.18. The molecule has 0 atom stereocenters. The van der Waals surface area contributed by atoms with Crippen molar-refractivity contribution >= 4 is 0 Å². The van der Waals surface area contributed by atoms with Gasteiger partial charge in [0.1, 0.15) is 6.54 Å². The molecular formula is C16H28ClN. The lowest BCUT2D eigenvalue weighted by molar-refractivity contribution is -0.997. The third kappa shape index (κ3) is 3.49. The van der Waals surface area contributed by atoms with Crippen molar-refractivity contribution in [3.05, 3.63) is 35.9 Å². The molecule has 0 aromatic heterocycles. The van der Waals surface area contributed by atoms with Crippen LogP contribution in [0.3, 0.4) is 0 Å². The molecule has 0 radical (unpaired) electrons. The molecule has 0 saturated heterocycles. The summed E-state index contributed by atoms with van der Waals surface area (Å²) in [5.74, 6) is 0. The van der Waals surface area contributed by atoms with Crippen molar-refractivity contribution in [3.63, 3.8) is 0 Å². The van der Waals surface area contributed by atoms with Crippen molar-refractivity contribution in [3.8, 4) is 0 Å². The standard InChI is InChI=1S/C16H28N.ClH/c1-13(2)17(14(3)4,15(5)6)12-16-10-8-7-9-11-16;/h7-11,13-15H,12H2,1-6H3;1H/q+1;/p-1. The average molecular weight is 270 g/mol. The Morgan fingerprint density at radius 2 is 1.17 bits per heavy atom. The molecule has 0 saturated carbocycles. The lowest BCUT2D eigenvalue weighted by atomic mass is 10.0. The molecule has 1 nitrogen and oxygen atoms in total. The maximum atomic E-state index is 2.35. The summed E-state index contributed by atoms with van der Waals surface area (Å²) in [5, 5.41) is 0. The lowest BCUT2D eigenvalue weighted by Crippen LogP contribution is -3.00. The van der Waals surface area contributed by atoms with Crippen LogP contribution in [0.15, 0.2) is 30.3 Å². The van der Waals surface area contributed by atoms with Gasteiger partial charge >= 0.3 is 0 Å². The van der Waals surface area contributed by atoms with Crippen molar-refractivity contribution in [1.29, 1.82) is 0 Å². The SMILES string of the molecule is CC(C)[N+](Cc1ccccc1)(C(C)C)C(C)C.[Cl-]. The van der Waals surface area contributed by atoms with Gasteiger partial charge in [0.15, 0.2) is 0 Å². The number of benzene rings is 1. The minimum Gasteiger partial charge on any atom is -1.00 e. The van der Waals surface area contributed by atoms with Crippen LogP contribution in [0.25, 0.3) is 0 Å². The van der Waals surface area contributed by atoms with E-state index in [-0.39, 0.29) is 12.4 Å². The quantitative estimate of drug-likeness (QED) is 0.706. The van der Waals surface area contributed by atoms with E-state index in [2.05, 4.69) is 71.9 Å². The van der Waals surface area contributed by atoms with E-state index in [1.165, 1.54) is 5.56 Å². The number of quaternary nitrogens is 1. The molecule has 0 amide bonds. The van der Waals surface area contributed by atoms with Gasteiger partial charge in [0.2, 0.25) is 0 Å². The smallest absolute Gasteiger partial charge is 0.105 e. The molecule has 0 heterocycles. The highest BCUT2D eigenvalue weighted by Gasteiger charge is 2.37. The van der Waals surface area contributed by atoms with Gasteiger partial charge in [-0.05, 0) is 41.5 Å². The van der Waals surface area contributed by atoms with Gasteiger partial charge in [0.05, 0.1) is 18.1 Å². The van der Waals surface area contributed by atoms with Gasteiger partial charge in [-0.2, -0.15) is 0 Å². The molecular weight excluding hydrogens is 242 g/mol. The lowest BCUT2D eigenvalue weighted by Gasteiger charge is -2.49. The Balaban J connectivity index is 0.00000289. The Kier molecular flexibility index (Phi) is 6.94. The van der Waals surface area contributed by atoms with E-state index in [1.807, 2.05) is 0 Å². The summed E-state index contributed by atoms with van der Waals surface area (Å²) < 4.78 is 1.16.